The number of hydrogen-bond acceptors (Lipinski definition) is 3. The van der Waals surface area contributed by atoms with Crippen molar-refractivity contribution < 1.29 is 5.11 Å². The first-order valence-electron chi connectivity index (χ1n) is 7.22. The third kappa shape index (κ3) is 2.79. The van der Waals surface area contributed by atoms with Crippen LogP contribution in [-0.4, -0.2) is 22.2 Å². The standard InChI is InChI=1S/C17H21NOS/c1-17(9-4-10-20-17)12-18-11-15-14-6-3-2-5-13(14)7-8-16(15)19/h2-3,5-8,18-19H,4,9-12H2,1H3. The molecule has 3 heteroatoms. The highest BCUT2D eigenvalue weighted by atomic mass is 32.2. The molecule has 1 aliphatic heterocycles. The second kappa shape index (κ2) is 5.66. The van der Waals surface area contributed by atoms with E-state index in [4.69, 9.17) is 0 Å². The lowest BCUT2D eigenvalue weighted by molar-refractivity contribution is 0.462. The predicted octanol–water partition coefficient (Wildman–Crippen LogP) is 3.92. The van der Waals surface area contributed by atoms with Crippen molar-refractivity contribution in [1.82, 2.24) is 5.32 Å². The molecular formula is C17H21NOS. The fraction of sp³-hybridized carbons (Fsp3) is 0.412. The van der Waals surface area contributed by atoms with Gasteiger partial charge in [0.1, 0.15) is 5.75 Å². The van der Waals surface area contributed by atoms with Crippen LogP contribution in [0, 0.1) is 0 Å². The van der Waals surface area contributed by atoms with E-state index in [1.165, 1.54) is 24.0 Å². The Morgan fingerprint density at radius 1 is 1.25 bits per heavy atom. The summed E-state index contributed by atoms with van der Waals surface area (Å²) in [6.07, 6.45) is 2.61. The smallest absolute Gasteiger partial charge is 0.120 e. The van der Waals surface area contributed by atoms with Crippen molar-refractivity contribution in [3.05, 3.63) is 42.0 Å². The van der Waals surface area contributed by atoms with Crippen molar-refractivity contribution in [3.8, 4) is 5.75 Å². The van der Waals surface area contributed by atoms with Gasteiger partial charge >= 0.3 is 0 Å². The number of fused-ring (bicyclic) bond motifs is 1. The highest BCUT2D eigenvalue weighted by Crippen LogP contribution is 2.37. The lowest BCUT2D eigenvalue weighted by atomic mass is 10.0. The van der Waals surface area contributed by atoms with Crippen molar-refractivity contribution in [2.24, 2.45) is 0 Å². The summed E-state index contributed by atoms with van der Waals surface area (Å²) in [7, 11) is 0. The third-order valence-electron chi connectivity index (χ3n) is 4.12. The fourth-order valence-corrected chi connectivity index (χ4v) is 4.21. The van der Waals surface area contributed by atoms with E-state index in [-0.39, 0.29) is 0 Å². The second-order valence-electron chi connectivity index (χ2n) is 5.79. The van der Waals surface area contributed by atoms with Gasteiger partial charge in [-0.1, -0.05) is 30.3 Å². The summed E-state index contributed by atoms with van der Waals surface area (Å²) in [6, 6.07) is 12.0. The van der Waals surface area contributed by atoms with Gasteiger partial charge in [0.15, 0.2) is 0 Å². The maximum atomic E-state index is 10.1. The maximum absolute atomic E-state index is 10.1. The van der Waals surface area contributed by atoms with Crippen LogP contribution in [0.2, 0.25) is 0 Å². The maximum Gasteiger partial charge on any atom is 0.120 e. The first-order chi connectivity index (χ1) is 9.68. The van der Waals surface area contributed by atoms with E-state index in [0.717, 1.165) is 24.0 Å². The van der Waals surface area contributed by atoms with Crippen LogP contribution < -0.4 is 5.32 Å². The Morgan fingerprint density at radius 3 is 2.90 bits per heavy atom. The van der Waals surface area contributed by atoms with E-state index in [1.807, 2.05) is 18.2 Å². The Hall–Kier alpha value is -1.19. The largest absolute Gasteiger partial charge is 0.508 e. The molecule has 1 atom stereocenters. The van der Waals surface area contributed by atoms with Crippen LogP contribution in [0.3, 0.4) is 0 Å². The summed E-state index contributed by atoms with van der Waals surface area (Å²) in [5.41, 5.74) is 1.01. The lowest BCUT2D eigenvalue weighted by Crippen LogP contribution is -2.32. The molecule has 2 N–H and O–H groups in total. The number of aromatic hydroxyl groups is 1. The Labute approximate surface area is 124 Å². The van der Waals surface area contributed by atoms with Crippen LogP contribution in [0.1, 0.15) is 25.3 Å². The van der Waals surface area contributed by atoms with Crippen molar-refractivity contribution >= 4 is 22.5 Å². The van der Waals surface area contributed by atoms with Gasteiger partial charge in [-0.15, -0.1) is 0 Å². The molecule has 0 spiro atoms. The topological polar surface area (TPSA) is 32.3 Å². The summed E-state index contributed by atoms with van der Waals surface area (Å²) in [5.74, 6) is 1.66. The summed E-state index contributed by atoms with van der Waals surface area (Å²) in [4.78, 5) is 0. The molecule has 1 saturated heterocycles. The minimum atomic E-state index is 0.361. The number of rotatable bonds is 4. The average molecular weight is 287 g/mol. The molecule has 1 heterocycles. The normalized spacial score (nSPS) is 22.4. The molecule has 0 saturated carbocycles. The molecule has 106 valence electrons. The van der Waals surface area contributed by atoms with Crippen LogP contribution in [0.4, 0.5) is 0 Å². The van der Waals surface area contributed by atoms with E-state index in [2.05, 4.69) is 36.1 Å². The van der Waals surface area contributed by atoms with Gasteiger partial charge in [-0.3, -0.25) is 0 Å². The second-order valence-corrected chi connectivity index (χ2v) is 7.47. The molecule has 1 unspecified atom stereocenters. The van der Waals surface area contributed by atoms with Gasteiger partial charge in [-0.25, -0.2) is 0 Å². The summed E-state index contributed by atoms with van der Waals surface area (Å²) in [6.45, 7) is 4.06. The zero-order valence-electron chi connectivity index (χ0n) is 11.9. The Kier molecular flexibility index (Phi) is 3.90. The Bertz CT molecular complexity index is 605. The van der Waals surface area contributed by atoms with E-state index < -0.39 is 0 Å². The van der Waals surface area contributed by atoms with Crippen LogP contribution in [0.25, 0.3) is 10.8 Å². The van der Waals surface area contributed by atoms with Gasteiger partial charge in [0.25, 0.3) is 0 Å². The van der Waals surface area contributed by atoms with Crippen LogP contribution in [0.5, 0.6) is 5.75 Å². The number of phenols is 1. The van der Waals surface area contributed by atoms with Gasteiger partial charge in [0.05, 0.1) is 0 Å². The highest BCUT2D eigenvalue weighted by molar-refractivity contribution is 8.00. The van der Waals surface area contributed by atoms with Crippen LogP contribution in [0.15, 0.2) is 36.4 Å². The Balaban J connectivity index is 1.75. The number of hydrogen-bond donors (Lipinski definition) is 2. The number of phenolic OH excluding ortho intramolecular Hbond substituents is 1. The van der Waals surface area contributed by atoms with Crippen molar-refractivity contribution in [2.45, 2.75) is 31.1 Å². The van der Waals surface area contributed by atoms with E-state index in [1.54, 1.807) is 6.07 Å². The van der Waals surface area contributed by atoms with E-state index >= 15 is 0 Å². The van der Waals surface area contributed by atoms with E-state index in [0.29, 0.717) is 10.5 Å². The first-order valence-corrected chi connectivity index (χ1v) is 8.21. The molecule has 20 heavy (non-hydrogen) atoms. The molecule has 2 aromatic rings. The minimum Gasteiger partial charge on any atom is -0.508 e. The molecule has 0 amide bonds. The third-order valence-corrected chi connectivity index (χ3v) is 5.66. The zero-order chi connectivity index (χ0) is 14.0. The SMILES string of the molecule is CC1(CNCc2c(O)ccc3ccccc23)CCCS1. The summed E-state index contributed by atoms with van der Waals surface area (Å²) >= 11 is 2.06. The van der Waals surface area contributed by atoms with Crippen molar-refractivity contribution in [1.29, 1.82) is 0 Å². The van der Waals surface area contributed by atoms with Crippen LogP contribution in [-0.2, 0) is 6.54 Å². The number of nitrogens with one attached hydrogen (secondary N) is 1. The number of thioether (sulfide) groups is 1. The molecule has 1 fully saturated rings. The molecule has 0 aromatic heterocycles. The molecule has 0 bridgehead atoms. The van der Waals surface area contributed by atoms with Crippen LogP contribution >= 0.6 is 11.8 Å². The fourth-order valence-electron chi connectivity index (χ4n) is 2.94. The van der Waals surface area contributed by atoms with Crippen molar-refractivity contribution in [3.63, 3.8) is 0 Å². The highest BCUT2D eigenvalue weighted by Gasteiger charge is 2.28. The molecule has 1 aliphatic rings. The average Bonchev–Trinajstić information content (AvgIpc) is 2.88. The summed E-state index contributed by atoms with van der Waals surface area (Å²) < 4.78 is 0.361. The zero-order valence-corrected chi connectivity index (χ0v) is 12.7. The molecule has 2 nitrogen and oxygen atoms in total. The van der Waals surface area contributed by atoms with Gasteiger partial charge < -0.3 is 10.4 Å². The molecule has 2 aromatic carbocycles. The van der Waals surface area contributed by atoms with E-state index in [9.17, 15) is 5.11 Å². The van der Waals surface area contributed by atoms with Crippen molar-refractivity contribution in [2.75, 3.05) is 12.3 Å². The monoisotopic (exact) mass is 287 g/mol. The Morgan fingerprint density at radius 2 is 2.10 bits per heavy atom. The molecule has 0 aliphatic carbocycles. The van der Waals surface area contributed by atoms with Gasteiger partial charge in [0, 0.05) is 23.4 Å². The number of benzene rings is 2. The summed E-state index contributed by atoms with van der Waals surface area (Å²) in [5, 5.41) is 16.0. The van der Waals surface area contributed by atoms with Gasteiger partial charge in [-0.2, -0.15) is 11.8 Å². The lowest BCUT2D eigenvalue weighted by Gasteiger charge is -2.23. The minimum absolute atomic E-state index is 0.361. The molecular weight excluding hydrogens is 266 g/mol. The van der Waals surface area contributed by atoms with Gasteiger partial charge in [0.2, 0.25) is 0 Å². The molecule has 3 rings (SSSR count). The van der Waals surface area contributed by atoms with Gasteiger partial charge in [-0.05, 0) is 42.4 Å². The first kappa shape index (κ1) is 13.8. The predicted molar refractivity (Wildman–Crippen MR) is 87.4 cm³/mol. The quantitative estimate of drug-likeness (QED) is 0.894. The molecule has 0 radical (unpaired) electrons.